The second-order valence-electron chi connectivity index (χ2n) is 6.50. The normalized spacial score (nSPS) is 31.5. The molecule has 3 fully saturated rings. The van der Waals surface area contributed by atoms with Crippen molar-refractivity contribution in [3.8, 4) is 0 Å². The molecule has 0 unspecified atom stereocenters. The number of rotatable bonds is 2. The topological polar surface area (TPSA) is 76.0 Å². The van der Waals surface area contributed by atoms with Gasteiger partial charge in [0.2, 0.25) is 0 Å². The van der Waals surface area contributed by atoms with E-state index in [9.17, 15) is 13.2 Å². The molecule has 0 N–H and O–H groups in total. The molecule has 140 valence electrons. The fourth-order valence-electron chi connectivity index (χ4n) is 3.46. The van der Waals surface area contributed by atoms with E-state index >= 15 is 0 Å². The molecule has 0 saturated carbocycles. The van der Waals surface area contributed by atoms with Gasteiger partial charge in [-0.2, -0.15) is 4.99 Å². The van der Waals surface area contributed by atoms with Crippen LogP contribution in [-0.2, 0) is 19.4 Å². The van der Waals surface area contributed by atoms with E-state index < -0.39 is 15.9 Å². The summed E-state index contributed by atoms with van der Waals surface area (Å²) in [7, 11) is -3.13. The van der Waals surface area contributed by atoms with Crippen LogP contribution in [0.3, 0.4) is 0 Å². The van der Waals surface area contributed by atoms with Gasteiger partial charge in [0, 0.05) is 16.9 Å². The minimum absolute atomic E-state index is 0.0107. The number of carbonyl (C=O) groups excluding carboxylic acids is 1. The molecule has 0 bridgehead atoms. The number of hydrogen-bond acceptors (Lipinski definition) is 5. The van der Waals surface area contributed by atoms with Crippen molar-refractivity contribution < 1.29 is 17.9 Å². The van der Waals surface area contributed by atoms with Gasteiger partial charge in [-0.3, -0.25) is 4.79 Å². The van der Waals surface area contributed by atoms with Crippen molar-refractivity contribution in [1.29, 1.82) is 0 Å². The number of nitrogens with zero attached hydrogens (tertiary/aromatic N) is 2. The molecule has 0 aromatic heterocycles. The molecular weight excluding hydrogens is 419 g/mol. The molecule has 3 aliphatic rings. The average molecular weight is 435 g/mol. The Morgan fingerprint density at radius 1 is 1.31 bits per heavy atom. The molecule has 0 radical (unpaired) electrons. The molecule has 26 heavy (non-hydrogen) atoms. The third-order valence-corrected chi connectivity index (χ3v) is 8.39. The lowest BCUT2D eigenvalue weighted by atomic mass is 10.2. The van der Waals surface area contributed by atoms with Gasteiger partial charge in [0.15, 0.2) is 15.0 Å². The van der Waals surface area contributed by atoms with Crippen LogP contribution >= 0.6 is 35.0 Å². The van der Waals surface area contributed by atoms with E-state index in [1.165, 1.54) is 11.8 Å². The molecule has 1 amide bonds. The maximum Gasteiger partial charge on any atom is 0.277 e. The predicted molar refractivity (Wildman–Crippen MR) is 104 cm³/mol. The number of thioether (sulfide) groups is 1. The molecule has 0 spiro atoms. The van der Waals surface area contributed by atoms with Crippen LogP contribution in [0.2, 0.25) is 10.0 Å². The van der Waals surface area contributed by atoms with Gasteiger partial charge in [0.05, 0.1) is 28.3 Å². The standard InChI is InChI=1S/C16H16Cl2N2O4S2/c17-9-3-4-11(10(18)6-9)20-12-7-26(22,23)8-14(12)25-16(20)19-15(21)13-2-1-5-24-13/h3-4,6,12-14H,1-2,5,7-8H2/t12-,13+,14-/m1/s1. The number of amides is 1. The number of carbonyl (C=O) groups is 1. The Kier molecular flexibility index (Phi) is 4.98. The average Bonchev–Trinajstić information content (AvgIpc) is 3.23. The van der Waals surface area contributed by atoms with Crippen LogP contribution in [0.1, 0.15) is 12.8 Å². The number of halogens is 2. The molecular formula is C16H16Cl2N2O4S2. The molecule has 4 rings (SSSR count). The smallest absolute Gasteiger partial charge is 0.277 e. The molecule has 10 heteroatoms. The largest absolute Gasteiger partial charge is 0.368 e. The third kappa shape index (κ3) is 3.49. The summed E-state index contributed by atoms with van der Waals surface area (Å²) in [5.74, 6) is -0.253. The molecule has 3 aliphatic heterocycles. The minimum atomic E-state index is -3.13. The van der Waals surface area contributed by atoms with Gasteiger partial charge in [-0.05, 0) is 31.0 Å². The monoisotopic (exact) mass is 434 g/mol. The number of anilines is 1. The SMILES string of the molecule is O=C(N=C1S[C@@H]2CS(=O)(=O)C[C@H]2N1c1ccc(Cl)cc1Cl)[C@@H]1CCCO1. The lowest BCUT2D eigenvalue weighted by molar-refractivity contribution is -0.126. The van der Waals surface area contributed by atoms with E-state index in [-0.39, 0.29) is 28.7 Å². The van der Waals surface area contributed by atoms with Crippen molar-refractivity contribution in [3.05, 3.63) is 28.2 Å². The van der Waals surface area contributed by atoms with Gasteiger partial charge in [-0.1, -0.05) is 35.0 Å². The fourth-order valence-corrected chi connectivity index (χ4v) is 7.87. The minimum Gasteiger partial charge on any atom is -0.368 e. The zero-order valence-electron chi connectivity index (χ0n) is 13.6. The second kappa shape index (κ2) is 6.98. The van der Waals surface area contributed by atoms with Gasteiger partial charge in [0.1, 0.15) is 6.10 Å². The number of aliphatic imine (C=N–C) groups is 1. The van der Waals surface area contributed by atoms with Crippen LogP contribution in [0, 0.1) is 0 Å². The maximum absolute atomic E-state index is 12.4. The summed E-state index contributed by atoms with van der Waals surface area (Å²) in [5, 5.41) is 1.16. The Morgan fingerprint density at radius 3 is 2.81 bits per heavy atom. The van der Waals surface area contributed by atoms with Crippen molar-refractivity contribution in [1.82, 2.24) is 0 Å². The highest BCUT2D eigenvalue weighted by Crippen LogP contribution is 2.43. The van der Waals surface area contributed by atoms with E-state index in [1.54, 1.807) is 23.1 Å². The lowest BCUT2D eigenvalue weighted by Gasteiger charge is -2.25. The fraction of sp³-hybridized carbons (Fsp3) is 0.500. The number of sulfone groups is 1. The first-order valence-electron chi connectivity index (χ1n) is 8.19. The van der Waals surface area contributed by atoms with E-state index in [0.717, 1.165) is 6.42 Å². The van der Waals surface area contributed by atoms with E-state index in [4.69, 9.17) is 27.9 Å². The Hall–Kier alpha value is -0.800. The number of fused-ring (bicyclic) bond motifs is 1. The summed E-state index contributed by atoms with van der Waals surface area (Å²) in [6, 6.07) is 4.70. The van der Waals surface area contributed by atoms with Crippen LogP contribution in [0.4, 0.5) is 5.69 Å². The first kappa shape index (κ1) is 18.6. The summed E-state index contributed by atoms with van der Waals surface area (Å²) >= 11 is 13.6. The first-order valence-corrected chi connectivity index (χ1v) is 11.7. The van der Waals surface area contributed by atoms with Crippen LogP contribution in [0.15, 0.2) is 23.2 Å². The predicted octanol–water partition coefficient (Wildman–Crippen LogP) is 2.77. The van der Waals surface area contributed by atoms with Crippen molar-refractivity contribution in [2.75, 3.05) is 23.0 Å². The molecule has 0 aliphatic carbocycles. The van der Waals surface area contributed by atoms with Gasteiger partial charge >= 0.3 is 0 Å². The lowest BCUT2D eigenvalue weighted by Crippen LogP contribution is -2.38. The van der Waals surface area contributed by atoms with Crippen molar-refractivity contribution >= 4 is 61.6 Å². The number of ether oxygens (including phenoxy) is 1. The summed E-state index contributed by atoms with van der Waals surface area (Å²) in [6.07, 6.45) is 0.975. The molecule has 3 atom stereocenters. The van der Waals surface area contributed by atoms with Crippen LogP contribution in [0.25, 0.3) is 0 Å². The number of hydrogen-bond donors (Lipinski definition) is 0. The van der Waals surface area contributed by atoms with Crippen LogP contribution in [-0.4, -0.2) is 55.0 Å². The molecule has 1 aromatic rings. The molecule has 3 heterocycles. The molecule has 6 nitrogen and oxygen atoms in total. The van der Waals surface area contributed by atoms with Gasteiger partial charge in [0.25, 0.3) is 5.91 Å². The zero-order chi connectivity index (χ0) is 18.5. The zero-order valence-corrected chi connectivity index (χ0v) is 16.7. The Morgan fingerprint density at radius 2 is 2.12 bits per heavy atom. The van der Waals surface area contributed by atoms with E-state index in [0.29, 0.717) is 33.9 Å². The highest BCUT2D eigenvalue weighted by molar-refractivity contribution is 8.16. The summed E-state index contributed by atoms with van der Waals surface area (Å²) < 4.78 is 29.6. The van der Waals surface area contributed by atoms with Crippen molar-refractivity contribution in [2.24, 2.45) is 4.99 Å². The maximum atomic E-state index is 12.4. The Balaban J connectivity index is 1.72. The van der Waals surface area contributed by atoms with E-state index in [1.807, 2.05) is 0 Å². The number of benzene rings is 1. The van der Waals surface area contributed by atoms with Gasteiger partial charge in [-0.25, -0.2) is 8.42 Å². The Bertz CT molecular complexity index is 884. The Labute approximate surface area is 165 Å². The summed E-state index contributed by atoms with van der Waals surface area (Å²) in [6.45, 7) is 0.560. The second-order valence-corrected chi connectivity index (χ2v) is 10.7. The van der Waals surface area contributed by atoms with Crippen molar-refractivity contribution in [3.63, 3.8) is 0 Å². The van der Waals surface area contributed by atoms with Crippen LogP contribution < -0.4 is 4.90 Å². The summed E-state index contributed by atoms with van der Waals surface area (Å²) in [5.41, 5.74) is 0.604. The van der Waals surface area contributed by atoms with Gasteiger partial charge in [-0.15, -0.1) is 0 Å². The highest BCUT2D eigenvalue weighted by Gasteiger charge is 2.50. The quantitative estimate of drug-likeness (QED) is 0.711. The first-order chi connectivity index (χ1) is 12.3. The van der Waals surface area contributed by atoms with Crippen molar-refractivity contribution in [2.45, 2.75) is 30.2 Å². The van der Waals surface area contributed by atoms with Gasteiger partial charge < -0.3 is 9.64 Å². The van der Waals surface area contributed by atoms with Crippen LogP contribution in [0.5, 0.6) is 0 Å². The third-order valence-electron chi connectivity index (χ3n) is 4.65. The van der Waals surface area contributed by atoms with E-state index in [2.05, 4.69) is 4.99 Å². The highest BCUT2D eigenvalue weighted by atomic mass is 35.5. The number of amidine groups is 1. The summed E-state index contributed by atoms with van der Waals surface area (Å²) in [4.78, 5) is 18.5. The molecule has 1 aromatic carbocycles. The molecule has 3 saturated heterocycles.